The molecule has 0 radical (unpaired) electrons. The minimum Gasteiger partial charge on any atom is -0.490 e. The predicted molar refractivity (Wildman–Crippen MR) is 131 cm³/mol. The first-order valence-electron chi connectivity index (χ1n) is 10.5. The van der Waals surface area contributed by atoms with Gasteiger partial charge in [0.15, 0.2) is 11.5 Å². The van der Waals surface area contributed by atoms with E-state index < -0.39 is 11.8 Å². The molecule has 33 heavy (non-hydrogen) atoms. The molecule has 0 unspecified atom stereocenters. The lowest BCUT2D eigenvalue weighted by atomic mass is 10.1. The first kappa shape index (κ1) is 22.6. The van der Waals surface area contributed by atoms with Gasteiger partial charge in [0.1, 0.15) is 12.2 Å². The molecular formula is C26H23BrN2O4. The fourth-order valence-corrected chi connectivity index (χ4v) is 4.09. The van der Waals surface area contributed by atoms with Crippen molar-refractivity contribution in [3.05, 3.63) is 93.5 Å². The normalized spacial score (nSPS) is 14.5. The molecule has 1 aliphatic heterocycles. The van der Waals surface area contributed by atoms with Crippen molar-refractivity contribution in [3.63, 3.8) is 0 Å². The van der Waals surface area contributed by atoms with Crippen LogP contribution in [0, 0.1) is 6.92 Å². The smallest absolute Gasteiger partial charge is 0.282 e. The molecule has 1 aliphatic rings. The maximum Gasteiger partial charge on any atom is 0.282 e. The Labute approximate surface area is 200 Å². The zero-order valence-corrected chi connectivity index (χ0v) is 19.9. The third-order valence-electron chi connectivity index (χ3n) is 5.01. The molecule has 1 fully saturated rings. The summed E-state index contributed by atoms with van der Waals surface area (Å²) in [5, 5.41) is 1.24. The van der Waals surface area contributed by atoms with E-state index in [2.05, 4.69) is 27.4 Å². The summed E-state index contributed by atoms with van der Waals surface area (Å²) < 4.78 is 12.5. The molecule has 6 nitrogen and oxygen atoms in total. The van der Waals surface area contributed by atoms with Crippen LogP contribution in [0.3, 0.4) is 0 Å². The van der Waals surface area contributed by atoms with E-state index >= 15 is 0 Å². The molecule has 0 saturated carbocycles. The van der Waals surface area contributed by atoms with Crippen LogP contribution in [0.15, 0.2) is 76.8 Å². The van der Waals surface area contributed by atoms with Crippen LogP contribution in [0.2, 0.25) is 0 Å². The third kappa shape index (κ3) is 5.09. The number of anilines is 1. The number of benzene rings is 3. The Hall–Kier alpha value is -3.58. The van der Waals surface area contributed by atoms with Crippen LogP contribution in [0.25, 0.3) is 6.08 Å². The lowest BCUT2D eigenvalue weighted by Crippen LogP contribution is -2.35. The number of halogens is 1. The van der Waals surface area contributed by atoms with E-state index in [4.69, 9.17) is 9.47 Å². The Kier molecular flexibility index (Phi) is 6.79. The number of hydrazine groups is 1. The molecule has 0 bridgehead atoms. The largest absolute Gasteiger partial charge is 0.490 e. The number of rotatable bonds is 7. The molecule has 0 aromatic heterocycles. The molecule has 3 aromatic carbocycles. The Morgan fingerprint density at radius 2 is 1.79 bits per heavy atom. The number of nitrogens with one attached hydrogen (secondary N) is 1. The first-order valence-corrected chi connectivity index (χ1v) is 11.3. The van der Waals surface area contributed by atoms with Gasteiger partial charge in [-0.25, -0.2) is 5.01 Å². The highest BCUT2D eigenvalue weighted by molar-refractivity contribution is 9.10. The number of carbonyl (C=O) groups excluding carboxylic acids is 2. The van der Waals surface area contributed by atoms with E-state index in [9.17, 15) is 9.59 Å². The Bertz CT molecular complexity index is 1220. The number of carbonyl (C=O) groups is 2. The standard InChI is InChI=1S/C26H23BrN2O4/c1-3-32-23-15-19(14-22(27)24(23)33-16-18-9-7-8-17(2)12-18)13-21-25(30)28-29(26(21)31)20-10-5-4-6-11-20/h4-15H,3,16H2,1-2H3,(H,28,30). The Balaban J connectivity index is 1.61. The van der Waals surface area contributed by atoms with Gasteiger partial charge in [-0.15, -0.1) is 0 Å². The van der Waals surface area contributed by atoms with Gasteiger partial charge in [-0.1, -0.05) is 48.0 Å². The monoisotopic (exact) mass is 506 g/mol. The molecule has 1 saturated heterocycles. The van der Waals surface area contributed by atoms with Crippen LogP contribution >= 0.6 is 15.9 Å². The van der Waals surface area contributed by atoms with Gasteiger partial charge < -0.3 is 9.47 Å². The number of ether oxygens (including phenoxy) is 2. The molecule has 4 rings (SSSR count). The molecule has 1 heterocycles. The van der Waals surface area contributed by atoms with Gasteiger partial charge in [-0.2, -0.15) is 0 Å². The molecule has 3 aromatic rings. The predicted octanol–water partition coefficient (Wildman–Crippen LogP) is 5.20. The zero-order valence-electron chi connectivity index (χ0n) is 18.3. The summed E-state index contributed by atoms with van der Waals surface area (Å²) in [6.45, 7) is 4.74. The van der Waals surface area contributed by atoms with E-state index in [0.717, 1.165) is 11.1 Å². The zero-order chi connectivity index (χ0) is 23.4. The van der Waals surface area contributed by atoms with Gasteiger partial charge in [0.25, 0.3) is 11.8 Å². The molecule has 2 amide bonds. The topological polar surface area (TPSA) is 67.9 Å². The average Bonchev–Trinajstić information content (AvgIpc) is 3.08. The van der Waals surface area contributed by atoms with E-state index in [0.29, 0.717) is 40.4 Å². The highest BCUT2D eigenvalue weighted by Crippen LogP contribution is 2.38. The number of amides is 2. The van der Waals surface area contributed by atoms with Gasteiger partial charge in [0.2, 0.25) is 0 Å². The van der Waals surface area contributed by atoms with Crippen molar-refractivity contribution in [2.45, 2.75) is 20.5 Å². The third-order valence-corrected chi connectivity index (χ3v) is 5.60. The minimum absolute atomic E-state index is 0.0432. The lowest BCUT2D eigenvalue weighted by Gasteiger charge is -2.15. The molecule has 7 heteroatoms. The van der Waals surface area contributed by atoms with Crippen molar-refractivity contribution in [1.29, 1.82) is 0 Å². The van der Waals surface area contributed by atoms with Crippen LogP contribution in [0.1, 0.15) is 23.6 Å². The Morgan fingerprint density at radius 1 is 1.00 bits per heavy atom. The van der Waals surface area contributed by atoms with Crippen LogP contribution in [0.4, 0.5) is 5.69 Å². The summed E-state index contributed by atoms with van der Waals surface area (Å²) in [5.41, 5.74) is 6.09. The van der Waals surface area contributed by atoms with Crippen molar-refractivity contribution in [1.82, 2.24) is 5.43 Å². The lowest BCUT2D eigenvalue weighted by molar-refractivity contribution is -0.117. The highest BCUT2D eigenvalue weighted by atomic mass is 79.9. The van der Waals surface area contributed by atoms with Gasteiger partial charge in [0.05, 0.1) is 16.8 Å². The van der Waals surface area contributed by atoms with Crippen molar-refractivity contribution in [2.75, 3.05) is 11.6 Å². The van der Waals surface area contributed by atoms with Crippen molar-refractivity contribution in [2.24, 2.45) is 0 Å². The fraction of sp³-hybridized carbons (Fsp3) is 0.154. The number of hydrogen-bond donors (Lipinski definition) is 1. The van der Waals surface area contributed by atoms with Gasteiger partial charge in [0, 0.05) is 0 Å². The van der Waals surface area contributed by atoms with E-state index in [1.165, 1.54) is 5.01 Å². The summed E-state index contributed by atoms with van der Waals surface area (Å²) in [5.74, 6) is 0.212. The van der Waals surface area contributed by atoms with E-state index in [1.807, 2.05) is 38.1 Å². The molecular weight excluding hydrogens is 484 g/mol. The second-order valence-electron chi connectivity index (χ2n) is 7.52. The van der Waals surface area contributed by atoms with Crippen LogP contribution in [0.5, 0.6) is 11.5 Å². The number of hydrogen-bond acceptors (Lipinski definition) is 4. The van der Waals surface area contributed by atoms with Crippen molar-refractivity contribution in [3.8, 4) is 11.5 Å². The van der Waals surface area contributed by atoms with E-state index in [-0.39, 0.29) is 5.57 Å². The summed E-state index contributed by atoms with van der Waals surface area (Å²) >= 11 is 3.55. The van der Waals surface area contributed by atoms with Crippen LogP contribution in [-0.2, 0) is 16.2 Å². The summed E-state index contributed by atoms with van der Waals surface area (Å²) in [7, 11) is 0. The maximum absolute atomic E-state index is 12.9. The van der Waals surface area contributed by atoms with E-state index in [1.54, 1.807) is 42.5 Å². The molecule has 168 valence electrons. The first-order chi connectivity index (χ1) is 16.0. The second-order valence-corrected chi connectivity index (χ2v) is 8.37. The van der Waals surface area contributed by atoms with Crippen molar-refractivity contribution >= 4 is 39.5 Å². The molecule has 0 atom stereocenters. The summed E-state index contributed by atoms with van der Waals surface area (Å²) in [6, 6.07) is 20.6. The van der Waals surface area contributed by atoms with Crippen molar-refractivity contribution < 1.29 is 19.1 Å². The maximum atomic E-state index is 12.9. The highest BCUT2D eigenvalue weighted by Gasteiger charge is 2.34. The quantitative estimate of drug-likeness (QED) is 0.353. The second kappa shape index (κ2) is 9.92. The average molecular weight is 507 g/mol. The molecule has 1 N–H and O–H groups in total. The summed E-state index contributed by atoms with van der Waals surface area (Å²) in [4.78, 5) is 25.4. The fourth-order valence-electron chi connectivity index (χ4n) is 3.51. The van der Waals surface area contributed by atoms with Crippen LogP contribution in [-0.4, -0.2) is 18.4 Å². The van der Waals surface area contributed by atoms with Gasteiger partial charge in [-0.3, -0.25) is 15.0 Å². The number of para-hydroxylation sites is 1. The van der Waals surface area contributed by atoms with Gasteiger partial charge >= 0.3 is 0 Å². The minimum atomic E-state index is -0.460. The van der Waals surface area contributed by atoms with Gasteiger partial charge in [-0.05, 0) is 71.2 Å². The Morgan fingerprint density at radius 3 is 2.52 bits per heavy atom. The number of nitrogens with zero attached hydrogens (tertiary/aromatic N) is 1. The summed E-state index contributed by atoms with van der Waals surface area (Å²) in [6.07, 6.45) is 1.55. The van der Waals surface area contributed by atoms with Crippen LogP contribution < -0.4 is 19.9 Å². The molecule has 0 aliphatic carbocycles. The number of aryl methyl sites for hydroxylation is 1. The molecule has 0 spiro atoms. The SMILES string of the molecule is CCOc1cc(C=C2C(=O)NN(c3ccccc3)C2=O)cc(Br)c1OCc1cccc(C)c1.